The summed E-state index contributed by atoms with van der Waals surface area (Å²) in [5.41, 5.74) is 1.11. The molecule has 0 spiro atoms. The first kappa shape index (κ1) is 10.0. The highest BCUT2D eigenvalue weighted by molar-refractivity contribution is 5.75. The van der Waals surface area contributed by atoms with Gasteiger partial charge in [0.15, 0.2) is 6.33 Å². The lowest BCUT2D eigenvalue weighted by molar-refractivity contribution is -0.391. The number of carbonyl (C=O) groups excluding carboxylic acids is 1. The number of rotatable bonds is 3. The minimum absolute atomic E-state index is 0.112. The zero-order valence-corrected chi connectivity index (χ0v) is 8.11. The molecule has 2 aromatic rings. The third-order valence-corrected chi connectivity index (χ3v) is 2.11. The lowest BCUT2D eigenvalue weighted by Crippen LogP contribution is -1.99. The van der Waals surface area contributed by atoms with Crippen LogP contribution in [0.3, 0.4) is 0 Å². The van der Waals surface area contributed by atoms with E-state index in [0.717, 1.165) is 0 Å². The van der Waals surface area contributed by atoms with Crippen molar-refractivity contribution in [3.05, 3.63) is 52.5 Å². The quantitative estimate of drug-likeness (QED) is 0.444. The topological polar surface area (TPSA) is 78.0 Å². The molecular weight excluding hydrogens is 210 g/mol. The Morgan fingerprint density at radius 3 is 2.56 bits per heavy atom. The molecule has 0 atom stereocenters. The molecule has 0 aliphatic rings. The van der Waals surface area contributed by atoms with E-state index in [1.165, 1.54) is 17.1 Å². The molecule has 1 heterocycles. The Bertz CT molecular complexity index is 530. The van der Waals surface area contributed by atoms with Gasteiger partial charge in [0.2, 0.25) is 0 Å². The Hall–Kier alpha value is -2.50. The number of hydrogen-bond donors (Lipinski definition) is 0. The Kier molecular flexibility index (Phi) is 2.47. The van der Waals surface area contributed by atoms with Gasteiger partial charge in [0.1, 0.15) is 18.2 Å². The maximum Gasteiger partial charge on any atom is 0.347 e. The van der Waals surface area contributed by atoms with Gasteiger partial charge in [-0.3, -0.25) is 4.79 Å². The summed E-state index contributed by atoms with van der Waals surface area (Å²) < 4.78 is 1.34. The SMILES string of the molecule is O=Cc1ccc(-n2cncc2[N+](=O)[O-])cc1. The first-order chi connectivity index (χ1) is 7.72. The number of nitro groups is 1. The Morgan fingerprint density at radius 2 is 2.00 bits per heavy atom. The third-order valence-electron chi connectivity index (χ3n) is 2.11. The van der Waals surface area contributed by atoms with E-state index < -0.39 is 4.92 Å². The van der Waals surface area contributed by atoms with Gasteiger partial charge in [-0.15, -0.1) is 0 Å². The summed E-state index contributed by atoms with van der Waals surface area (Å²) in [6.07, 6.45) is 3.24. The summed E-state index contributed by atoms with van der Waals surface area (Å²) in [4.78, 5) is 24.3. The van der Waals surface area contributed by atoms with Crippen molar-refractivity contribution in [3.63, 3.8) is 0 Å². The van der Waals surface area contributed by atoms with E-state index in [9.17, 15) is 14.9 Å². The number of benzene rings is 1. The fourth-order valence-electron chi connectivity index (χ4n) is 1.34. The summed E-state index contributed by atoms with van der Waals surface area (Å²) in [5, 5.41) is 10.7. The Labute approximate surface area is 90.3 Å². The maximum absolute atomic E-state index is 10.7. The normalized spacial score (nSPS) is 10.0. The summed E-state index contributed by atoms with van der Waals surface area (Å²) in [6, 6.07) is 6.43. The second-order valence-corrected chi connectivity index (χ2v) is 3.09. The molecule has 6 heteroatoms. The molecule has 16 heavy (non-hydrogen) atoms. The first-order valence-electron chi connectivity index (χ1n) is 4.44. The van der Waals surface area contributed by atoms with Crippen molar-refractivity contribution in [3.8, 4) is 5.69 Å². The van der Waals surface area contributed by atoms with Crippen molar-refractivity contribution in [2.45, 2.75) is 0 Å². The van der Waals surface area contributed by atoms with Crippen LogP contribution in [0.1, 0.15) is 10.4 Å². The molecule has 0 N–H and O–H groups in total. The second kappa shape index (κ2) is 3.93. The Morgan fingerprint density at radius 1 is 1.31 bits per heavy atom. The van der Waals surface area contributed by atoms with Crippen LogP contribution in [0.2, 0.25) is 0 Å². The minimum Gasteiger partial charge on any atom is -0.358 e. The Balaban J connectivity index is 2.46. The van der Waals surface area contributed by atoms with Gasteiger partial charge >= 0.3 is 5.82 Å². The number of hydrogen-bond acceptors (Lipinski definition) is 4. The molecule has 0 saturated heterocycles. The van der Waals surface area contributed by atoms with Crippen LogP contribution < -0.4 is 0 Å². The van der Waals surface area contributed by atoms with Crippen LogP contribution in [0, 0.1) is 10.1 Å². The zero-order valence-electron chi connectivity index (χ0n) is 8.11. The molecule has 0 unspecified atom stereocenters. The van der Waals surface area contributed by atoms with Crippen molar-refractivity contribution in [1.82, 2.24) is 9.55 Å². The highest BCUT2D eigenvalue weighted by Crippen LogP contribution is 2.17. The van der Waals surface area contributed by atoms with Crippen molar-refractivity contribution < 1.29 is 9.72 Å². The minimum atomic E-state index is -0.513. The molecule has 6 nitrogen and oxygen atoms in total. The summed E-state index contributed by atoms with van der Waals surface area (Å²) in [5.74, 6) is -0.112. The molecule has 1 aromatic carbocycles. The maximum atomic E-state index is 10.7. The van der Waals surface area contributed by atoms with E-state index in [-0.39, 0.29) is 5.82 Å². The summed E-state index contributed by atoms with van der Waals surface area (Å²) in [7, 11) is 0. The van der Waals surface area contributed by atoms with Crippen molar-refractivity contribution >= 4 is 12.1 Å². The zero-order chi connectivity index (χ0) is 11.5. The van der Waals surface area contributed by atoms with E-state index >= 15 is 0 Å². The van der Waals surface area contributed by atoms with Gasteiger partial charge in [0, 0.05) is 5.56 Å². The molecule has 0 bridgehead atoms. The predicted molar refractivity (Wildman–Crippen MR) is 55.6 cm³/mol. The van der Waals surface area contributed by atoms with Crippen LogP contribution in [0.4, 0.5) is 5.82 Å². The van der Waals surface area contributed by atoms with E-state index in [1.807, 2.05) is 0 Å². The van der Waals surface area contributed by atoms with Gasteiger partial charge in [0.25, 0.3) is 0 Å². The lowest BCUT2D eigenvalue weighted by Gasteiger charge is -1.99. The number of aldehydes is 1. The molecule has 0 aliphatic heterocycles. The number of carbonyl (C=O) groups is 1. The van der Waals surface area contributed by atoms with E-state index in [1.54, 1.807) is 24.3 Å². The highest BCUT2D eigenvalue weighted by Gasteiger charge is 2.14. The average Bonchev–Trinajstić information content (AvgIpc) is 2.78. The smallest absolute Gasteiger partial charge is 0.347 e. The van der Waals surface area contributed by atoms with Crippen LogP contribution in [-0.4, -0.2) is 20.8 Å². The molecule has 2 rings (SSSR count). The largest absolute Gasteiger partial charge is 0.358 e. The monoisotopic (exact) mass is 217 g/mol. The van der Waals surface area contributed by atoms with E-state index in [0.29, 0.717) is 17.5 Å². The van der Waals surface area contributed by atoms with E-state index in [2.05, 4.69) is 4.98 Å². The molecule has 0 amide bonds. The average molecular weight is 217 g/mol. The van der Waals surface area contributed by atoms with Crippen molar-refractivity contribution in [1.29, 1.82) is 0 Å². The van der Waals surface area contributed by atoms with Crippen LogP contribution >= 0.6 is 0 Å². The van der Waals surface area contributed by atoms with Gasteiger partial charge in [-0.1, -0.05) is 0 Å². The molecule has 80 valence electrons. The van der Waals surface area contributed by atoms with Gasteiger partial charge in [-0.05, 0) is 29.2 Å². The number of imidazole rings is 1. The summed E-state index contributed by atoms with van der Waals surface area (Å²) in [6.45, 7) is 0. The van der Waals surface area contributed by atoms with Crippen LogP contribution in [0.5, 0.6) is 0 Å². The predicted octanol–water partition coefficient (Wildman–Crippen LogP) is 1.59. The molecule has 0 aliphatic carbocycles. The van der Waals surface area contributed by atoms with Crippen LogP contribution in [-0.2, 0) is 0 Å². The number of nitrogens with zero attached hydrogens (tertiary/aromatic N) is 3. The van der Waals surface area contributed by atoms with Gasteiger partial charge < -0.3 is 10.1 Å². The van der Waals surface area contributed by atoms with Crippen molar-refractivity contribution in [2.24, 2.45) is 0 Å². The second-order valence-electron chi connectivity index (χ2n) is 3.09. The summed E-state index contributed by atoms with van der Waals surface area (Å²) >= 11 is 0. The third kappa shape index (κ3) is 1.68. The van der Waals surface area contributed by atoms with E-state index in [4.69, 9.17) is 0 Å². The van der Waals surface area contributed by atoms with Gasteiger partial charge in [-0.2, -0.15) is 4.57 Å². The van der Waals surface area contributed by atoms with Gasteiger partial charge in [0.05, 0.1) is 0 Å². The first-order valence-corrected chi connectivity index (χ1v) is 4.44. The highest BCUT2D eigenvalue weighted by atomic mass is 16.6. The van der Waals surface area contributed by atoms with Crippen LogP contribution in [0.15, 0.2) is 36.8 Å². The molecule has 1 aromatic heterocycles. The molecular formula is C10H7N3O3. The fraction of sp³-hybridized carbons (Fsp3) is 0. The lowest BCUT2D eigenvalue weighted by atomic mass is 10.2. The van der Waals surface area contributed by atoms with Crippen LogP contribution in [0.25, 0.3) is 5.69 Å². The van der Waals surface area contributed by atoms with Gasteiger partial charge in [-0.25, -0.2) is 4.98 Å². The van der Waals surface area contributed by atoms with Crippen molar-refractivity contribution in [2.75, 3.05) is 0 Å². The standard InChI is InChI=1S/C10H7N3O3/c14-6-8-1-3-9(4-2-8)12-7-11-5-10(12)13(15)16/h1-7H. The fourth-order valence-corrected chi connectivity index (χ4v) is 1.34. The molecule has 0 radical (unpaired) electrons. The number of aromatic nitrogens is 2. The molecule has 0 fully saturated rings. The molecule has 0 saturated carbocycles.